The van der Waals surface area contributed by atoms with E-state index in [1.54, 1.807) is 18.9 Å². The molecule has 0 radical (unpaired) electrons. The van der Waals surface area contributed by atoms with Gasteiger partial charge in [-0.25, -0.2) is 0 Å². The smallest absolute Gasteiger partial charge is 0.230 e. The lowest BCUT2D eigenvalue weighted by Gasteiger charge is -2.40. The highest BCUT2D eigenvalue weighted by Crippen LogP contribution is 2.34. The molecule has 1 amide bonds. The number of amides is 1. The van der Waals surface area contributed by atoms with Crippen molar-refractivity contribution < 1.29 is 9.53 Å². The molecular formula is C13H24N2O2S. The number of piperidine rings is 1. The second-order valence-electron chi connectivity index (χ2n) is 5.28. The molecule has 1 aliphatic heterocycles. The average Bonchev–Trinajstić information content (AvgIpc) is 2.37. The van der Waals surface area contributed by atoms with Crippen LogP contribution >= 0.6 is 11.8 Å². The molecule has 0 atom stereocenters. The van der Waals surface area contributed by atoms with Gasteiger partial charge in [-0.3, -0.25) is 4.79 Å². The number of carbonyl (C=O) groups is 1. The van der Waals surface area contributed by atoms with Crippen LogP contribution in [0, 0.1) is 0 Å². The second-order valence-corrected chi connectivity index (χ2v) is 6.57. The van der Waals surface area contributed by atoms with Crippen molar-refractivity contribution in [2.24, 2.45) is 0 Å². The standard InChI is InChI=1S/C13H24N2O2S/c1-17-13(5-2-6-13)10-15-12(16)9-18-11-3-7-14-8-4-11/h11,14H,2-10H2,1H3,(H,15,16). The zero-order valence-electron chi connectivity index (χ0n) is 11.2. The number of nitrogens with one attached hydrogen (secondary N) is 2. The Morgan fingerprint density at radius 2 is 2.17 bits per heavy atom. The van der Waals surface area contributed by atoms with Gasteiger partial charge in [-0.15, -0.1) is 11.8 Å². The summed E-state index contributed by atoms with van der Waals surface area (Å²) in [6.07, 6.45) is 5.73. The molecule has 0 spiro atoms. The molecule has 2 rings (SSSR count). The molecule has 0 aromatic carbocycles. The topological polar surface area (TPSA) is 50.4 Å². The van der Waals surface area contributed by atoms with Crippen molar-refractivity contribution in [2.45, 2.75) is 43.0 Å². The maximum absolute atomic E-state index is 11.8. The van der Waals surface area contributed by atoms with E-state index in [0.29, 0.717) is 17.5 Å². The molecule has 0 aromatic heterocycles. The Morgan fingerprint density at radius 1 is 1.44 bits per heavy atom. The first-order valence-corrected chi connectivity index (χ1v) is 7.93. The van der Waals surface area contributed by atoms with Gasteiger partial charge in [0.1, 0.15) is 0 Å². The third-order valence-corrected chi connectivity index (χ3v) is 5.41. The van der Waals surface area contributed by atoms with Crippen LogP contribution in [0.25, 0.3) is 0 Å². The minimum atomic E-state index is -0.0604. The maximum Gasteiger partial charge on any atom is 0.230 e. The summed E-state index contributed by atoms with van der Waals surface area (Å²) < 4.78 is 5.49. The zero-order valence-corrected chi connectivity index (χ0v) is 12.0. The fraction of sp³-hybridized carbons (Fsp3) is 0.923. The Kier molecular flexibility index (Phi) is 5.33. The van der Waals surface area contributed by atoms with Crippen LogP contribution in [0.3, 0.4) is 0 Å². The number of methoxy groups -OCH3 is 1. The number of thioether (sulfide) groups is 1. The molecule has 2 N–H and O–H groups in total. The van der Waals surface area contributed by atoms with Gasteiger partial charge in [-0.05, 0) is 45.2 Å². The minimum absolute atomic E-state index is 0.0604. The van der Waals surface area contributed by atoms with Crippen molar-refractivity contribution in [3.63, 3.8) is 0 Å². The monoisotopic (exact) mass is 272 g/mol. The first-order valence-electron chi connectivity index (χ1n) is 6.88. The number of hydrogen-bond donors (Lipinski definition) is 2. The molecular weight excluding hydrogens is 248 g/mol. The summed E-state index contributed by atoms with van der Waals surface area (Å²) in [5.41, 5.74) is -0.0604. The highest BCUT2D eigenvalue weighted by Gasteiger charge is 2.37. The van der Waals surface area contributed by atoms with E-state index in [-0.39, 0.29) is 11.5 Å². The Morgan fingerprint density at radius 3 is 2.72 bits per heavy atom. The SMILES string of the molecule is COC1(CNC(=O)CSC2CCNCC2)CCC1. The summed E-state index contributed by atoms with van der Waals surface area (Å²) in [4.78, 5) is 11.8. The highest BCUT2D eigenvalue weighted by molar-refractivity contribution is 8.00. The molecule has 1 saturated heterocycles. The predicted molar refractivity (Wildman–Crippen MR) is 75.0 cm³/mol. The molecule has 1 saturated carbocycles. The molecule has 18 heavy (non-hydrogen) atoms. The summed E-state index contributed by atoms with van der Waals surface area (Å²) in [5.74, 6) is 0.742. The molecule has 104 valence electrons. The van der Waals surface area contributed by atoms with Crippen LogP contribution in [0.1, 0.15) is 32.1 Å². The maximum atomic E-state index is 11.8. The summed E-state index contributed by atoms with van der Waals surface area (Å²) in [7, 11) is 1.75. The number of ether oxygens (including phenoxy) is 1. The molecule has 0 aromatic rings. The summed E-state index contributed by atoms with van der Waals surface area (Å²) in [5, 5.41) is 7.01. The van der Waals surface area contributed by atoms with E-state index in [1.807, 2.05) is 0 Å². The van der Waals surface area contributed by atoms with Gasteiger partial charge >= 0.3 is 0 Å². The molecule has 5 heteroatoms. The Bertz CT molecular complexity index is 271. The van der Waals surface area contributed by atoms with Crippen molar-refractivity contribution in [2.75, 3.05) is 32.5 Å². The Hall–Kier alpha value is -0.260. The first kappa shape index (κ1) is 14.2. The van der Waals surface area contributed by atoms with Gasteiger partial charge in [0.2, 0.25) is 5.91 Å². The van der Waals surface area contributed by atoms with Crippen molar-refractivity contribution >= 4 is 17.7 Å². The van der Waals surface area contributed by atoms with E-state index in [9.17, 15) is 4.79 Å². The van der Waals surface area contributed by atoms with Crippen molar-refractivity contribution in [1.29, 1.82) is 0 Å². The van der Waals surface area contributed by atoms with Gasteiger partial charge in [-0.1, -0.05) is 0 Å². The predicted octanol–water partition coefficient (Wildman–Crippen LogP) is 1.16. The number of rotatable bonds is 6. The van der Waals surface area contributed by atoms with Crippen LogP contribution in [-0.2, 0) is 9.53 Å². The second kappa shape index (κ2) is 6.78. The third kappa shape index (κ3) is 3.87. The van der Waals surface area contributed by atoms with Crippen LogP contribution in [0.4, 0.5) is 0 Å². The molecule has 2 aliphatic rings. The van der Waals surface area contributed by atoms with Crippen molar-refractivity contribution in [1.82, 2.24) is 10.6 Å². The average molecular weight is 272 g/mol. The first-order chi connectivity index (χ1) is 8.74. The van der Waals surface area contributed by atoms with Crippen LogP contribution in [0.2, 0.25) is 0 Å². The summed E-state index contributed by atoms with van der Waals surface area (Å²) in [6, 6.07) is 0. The van der Waals surface area contributed by atoms with Gasteiger partial charge in [0.15, 0.2) is 0 Å². The lowest BCUT2D eigenvalue weighted by molar-refractivity contribution is -0.122. The zero-order chi connectivity index (χ0) is 12.8. The fourth-order valence-electron chi connectivity index (χ4n) is 2.49. The molecule has 2 fully saturated rings. The van der Waals surface area contributed by atoms with Crippen LogP contribution in [-0.4, -0.2) is 49.3 Å². The quantitative estimate of drug-likeness (QED) is 0.762. The molecule has 1 heterocycles. The van der Waals surface area contributed by atoms with E-state index in [2.05, 4.69) is 10.6 Å². The lowest BCUT2D eigenvalue weighted by atomic mass is 9.80. The fourth-order valence-corrected chi connectivity index (χ4v) is 3.55. The van der Waals surface area contributed by atoms with Gasteiger partial charge in [0.05, 0.1) is 11.4 Å². The Labute approximate surface area is 114 Å². The van der Waals surface area contributed by atoms with E-state index in [1.165, 1.54) is 19.3 Å². The summed E-state index contributed by atoms with van der Waals surface area (Å²) in [6.45, 7) is 2.85. The van der Waals surface area contributed by atoms with E-state index in [4.69, 9.17) is 4.74 Å². The molecule has 0 bridgehead atoms. The Balaban J connectivity index is 1.59. The van der Waals surface area contributed by atoms with Gasteiger partial charge < -0.3 is 15.4 Å². The number of carbonyl (C=O) groups excluding carboxylic acids is 1. The highest BCUT2D eigenvalue weighted by atomic mass is 32.2. The van der Waals surface area contributed by atoms with Crippen LogP contribution in [0.5, 0.6) is 0 Å². The van der Waals surface area contributed by atoms with Gasteiger partial charge in [0.25, 0.3) is 0 Å². The van der Waals surface area contributed by atoms with Crippen LogP contribution in [0.15, 0.2) is 0 Å². The van der Waals surface area contributed by atoms with E-state index < -0.39 is 0 Å². The van der Waals surface area contributed by atoms with Crippen molar-refractivity contribution in [3.8, 4) is 0 Å². The number of hydrogen-bond acceptors (Lipinski definition) is 4. The minimum Gasteiger partial charge on any atom is -0.376 e. The van der Waals surface area contributed by atoms with Crippen LogP contribution < -0.4 is 10.6 Å². The van der Waals surface area contributed by atoms with E-state index in [0.717, 1.165) is 25.9 Å². The van der Waals surface area contributed by atoms with Crippen molar-refractivity contribution in [3.05, 3.63) is 0 Å². The normalized spacial score (nSPS) is 23.4. The summed E-state index contributed by atoms with van der Waals surface area (Å²) >= 11 is 1.80. The molecule has 0 unspecified atom stereocenters. The molecule has 4 nitrogen and oxygen atoms in total. The van der Waals surface area contributed by atoms with Gasteiger partial charge in [-0.2, -0.15) is 0 Å². The largest absolute Gasteiger partial charge is 0.376 e. The van der Waals surface area contributed by atoms with Gasteiger partial charge in [0, 0.05) is 18.9 Å². The molecule has 1 aliphatic carbocycles. The van der Waals surface area contributed by atoms with E-state index >= 15 is 0 Å². The lowest BCUT2D eigenvalue weighted by Crippen LogP contribution is -2.49. The third-order valence-electron chi connectivity index (χ3n) is 4.04.